The first kappa shape index (κ1) is 13.6. The average Bonchev–Trinajstić information content (AvgIpc) is 2.78. The van der Waals surface area contributed by atoms with Crippen LogP contribution in [0.3, 0.4) is 0 Å². The molecule has 1 aromatic rings. The molecule has 0 spiro atoms. The van der Waals surface area contributed by atoms with Gasteiger partial charge in [0.2, 0.25) is 5.91 Å². The van der Waals surface area contributed by atoms with E-state index in [1.54, 1.807) is 6.07 Å². The molecule has 0 atom stereocenters. The molecule has 1 N–H and O–H groups in total. The third-order valence-corrected chi connectivity index (χ3v) is 4.40. The van der Waals surface area contributed by atoms with Crippen LogP contribution < -0.4 is 10.8 Å². The van der Waals surface area contributed by atoms with Gasteiger partial charge in [-0.05, 0) is 33.8 Å². The fraction of sp³-hybridized carbons (Fsp3) is 0.500. The summed E-state index contributed by atoms with van der Waals surface area (Å²) in [4.78, 5) is 11.5. The predicted octanol–water partition coefficient (Wildman–Crippen LogP) is 1.62. The lowest BCUT2D eigenvalue weighted by Crippen LogP contribution is -2.41. The molecule has 2 aliphatic rings. The normalized spacial score (nSPS) is 22.9. The van der Waals surface area contributed by atoms with Gasteiger partial charge in [-0.2, -0.15) is 0 Å². The lowest BCUT2D eigenvalue weighted by atomic mass is 9.77. The summed E-state index contributed by atoms with van der Waals surface area (Å²) in [7, 11) is -0.604. The number of hydrogen-bond donors (Lipinski definition) is 1. The van der Waals surface area contributed by atoms with Gasteiger partial charge in [-0.1, -0.05) is 6.07 Å². The second-order valence-corrected chi connectivity index (χ2v) is 6.30. The van der Waals surface area contributed by atoms with Crippen LogP contribution in [0.15, 0.2) is 12.1 Å². The van der Waals surface area contributed by atoms with E-state index >= 15 is 0 Å². The van der Waals surface area contributed by atoms with Gasteiger partial charge in [0, 0.05) is 16.7 Å². The number of carbonyl (C=O) groups is 1. The molecule has 1 saturated heterocycles. The van der Waals surface area contributed by atoms with Gasteiger partial charge in [0.05, 0.1) is 17.6 Å². The molecule has 2 heterocycles. The Kier molecular flexibility index (Phi) is 2.75. The summed E-state index contributed by atoms with van der Waals surface area (Å²) in [6, 6.07) is 2.97. The molecule has 1 aromatic carbocycles. The van der Waals surface area contributed by atoms with E-state index in [1.807, 2.05) is 27.7 Å². The van der Waals surface area contributed by atoms with Crippen LogP contribution >= 0.6 is 0 Å². The van der Waals surface area contributed by atoms with Crippen molar-refractivity contribution in [1.29, 1.82) is 0 Å². The number of fused-ring (bicyclic) bond motifs is 1. The first-order valence-corrected chi connectivity index (χ1v) is 6.68. The molecule has 106 valence electrons. The lowest BCUT2D eigenvalue weighted by Gasteiger charge is -2.32. The van der Waals surface area contributed by atoms with Gasteiger partial charge in [-0.15, -0.1) is 0 Å². The maximum Gasteiger partial charge on any atom is 0.496 e. The summed E-state index contributed by atoms with van der Waals surface area (Å²) in [5, 5.41) is 2.70. The summed E-state index contributed by atoms with van der Waals surface area (Å²) in [5.74, 6) is -0.582. The van der Waals surface area contributed by atoms with E-state index in [4.69, 9.17) is 9.31 Å². The van der Waals surface area contributed by atoms with Gasteiger partial charge in [-0.25, -0.2) is 4.39 Å². The standard InChI is InChI=1S/C14H17BFNO3/c1-13(2)14(3,4)20-15(19-13)9-5-6-10(16)8-7-11(18)17-12(8)9/h5-6H,7H2,1-4H3,(H,17,18). The lowest BCUT2D eigenvalue weighted by molar-refractivity contribution is -0.115. The number of hydrogen-bond acceptors (Lipinski definition) is 3. The number of halogens is 1. The minimum Gasteiger partial charge on any atom is -0.399 e. The quantitative estimate of drug-likeness (QED) is 0.793. The minimum atomic E-state index is -0.604. The highest BCUT2D eigenvalue weighted by molar-refractivity contribution is 6.64. The van der Waals surface area contributed by atoms with Gasteiger partial charge in [-0.3, -0.25) is 4.79 Å². The maximum absolute atomic E-state index is 13.8. The second kappa shape index (κ2) is 4.05. The van der Waals surface area contributed by atoms with E-state index in [1.165, 1.54) is 6.07 Å². The summed E-state index contributed by atoms with van der Waals surface area (Å²) in [5.41, 5.74) is 0.616. The van der Waals surface area contributed by atoms with Crippen LogP contribution in [0, 0.1) is 5.82 Å². The molecule has 0 radical (unpaired) electrons. The maximum atomic E-state index is 13.8. The van der Waals surface area contributed by atoms with E-state index in [-0.39, 0.29) is 18.1 Å². The summed E-state index contributed by atoms with van der Waals surface area (Å²) in [6.45, 7) is 7.81. The molecule has 2 aliphatic heterocycles. The third-order valence-electron chi connectivity index (χ3n) is 4.40. The van der Waals surface area contributed by atoms with Crippen LogP contribution in [0.1, 0.15) is 33.3 Å². The summed E-state index contributed by atoms with van der Waals surface area (Å²) >= 11 is 0. The summed E-state index contributed by atoms with van der Waals surface area (Å²) < 4.78 is 25.7. The van der Waals surface area contributed by atoms with Crippen LogP contribution in [-0.4, -0.2) is 24.2 Å². The fourth-order valence-electron chi connectivity index (χ4n) is 2.47. The van der Waals surface area contributed by atoms with E-state index in [9.17, 15) is 9.18 Å². The molecule has 3 rings (SSSR count). The first-order valence-electron chi connectivity index (χ1n) is 6.68. The van der Waals surface area contributed by atoms with Crippen molar-refractivity contribution < 1.29 is 18.5 Å². The Morgan fingerprint density at radius 3 is 2.40 bits per heavy atom. The molecular weight excluding hydrogens is 260 g/mol. The third kappa shape index (κ3) is 1.86. The van der Waals surface area contributed by atoms with Crippen LogP contribution in [0.25, 0.3) is 0 Å². The van der Waals surface area contributed by atoms with Crippen molar-refractivity contribution >= 4 is 24.2 Å². The topological polar surface area (TPSA) is 47.6 Å². The number of anilines is 1. The zero-order valence-electron chi connectivity index (χ0n) is 12.0. The Morgan fingerprint density at radius 1 is 1.20 bits per heavy atom. The smallest absolute Gasteiger partial charge is 0.399 e. The van der Waals surface area contributed by atoms with Crippen LogP contribution in [0.5, 0.6) is 0 Å². The zero-order valence-corrected chi connectivity index (χ0v) is 12.0. The van der Waals surface area contributed by atoms with Gasteiger partial charge < -0.3 is 14.6 Å². The van der Waals surface area contributed by atoms with Gasteiger partial charge >= 0.3 is 7.12 Å². The van der Waals surface area contributed by atoms with Crippen molar-refractivity contribution in [3.8, 4) is 0 Å². The first-order chi connectivity index (χ1) is 9.21. The fourth-order valence-corrected chi connectivity index (χ4v) is 2.47. The van der Waals surface area contributed by atoms with Gasteiger partial charge in [0.1, 0.15) is 5.82 Å². The van der Waals surface area contributed by atoms with Crippen molar-refractivity contribution in [1.82, 2.24) is 0 Å². The molecule has 0 aromatic heterocycles. The van der Waals surface area contributed by atoms with Gasteiger partial charge in [0.25, 0.3) is 0 Å². The monoisotopic (exact) mass is 277 g/mol. The molecule has 6 heteroatoms. The number of rotatable bonds is 1. The molecule has 0 unspecified atom stereocenters. The van der Waals surface area contributed by atoms with Crippen molar-refractivity contribution in [2.75, 3.05) is 5.32 Å². The Morgan fingerprint density at radius 2 is 1.80 bits per heavy atom. The highest BCUT2D eigenvalue weighted by Crippen LogP contribution is 2.37. The van der Waals surface area contributed by atoms with Crippen LogP contribution in [0.4, 0.5) is 10.1 Å². The van der Waals surface area contributed by atoms with Crippen molar-refractivity contribution in [2.24, 2.45) is 0 Å². The largest absolute Gasteiger partial charge is 0.496 e. The second-order valence-electron chi connectivity index (χ2n) is 6.30. The Balaban J connectivity index is 2.02. The molecule has 4 nitrogen and oxygen atoms in total. The number of nitrogens with one attached hydrogen (secondary N) is 1. The van der Waals surface area contributed by atoms with Crippen LogP contribution in [0.2, 0.25) is 0 Å². The van der Waals surface area contributed by atoms with Crippen molar-refractivity contribution in [3.05, 3.63) is 23.5 Å². The van der Waals surface area contributed by atoms with E-state index in [2.05, 4.69) is 5.32 Å². The Bertz CT molecular complexity index is 584. The number of amides is 1. The van der Waals surface area contributed by atoms with Crippen molar-refractivity contribution in [3.63, 3.8) is 0 Å². The molecular formula is C14H17BFNO3. The zero-order chi connectivity index (χ0) is 14.7. The van der Waals surface area contributed by atoms with Crippen molar-refractivity contribution in [2.45, 2.75) is 45.3 Å². The Hall–Kier alpha value is -1.40. The summed E-state index contributed by atoms with van der Waals surface area (Å²) in [6.07, 6.45) is 0.0640. The SMILES string of the molecule is CC1(C)OB(c2ccc(F)c3c2NC(=O)C3)OC1(C)C. The number of carbonyl (C=O) groups excluding carboxylic acids is 1. The minimum absolute atomic E-state index is 0.0640. The molecule has 0 saturated carbocycles. The molecule has 0 aliphatic carbocycles. The van der Waals surface area contributed by atoms with E-state index in [0.717, 1.165) is 0 Å². The number of benzene rings is 1. The van der Waals surface area contributed by atoms with E-state index < -0.39 is 18.3 Å². The molecule has 1 amide bonds. The Labute approximate surface area is 117 Å². The van der Waals surface area contributed by atoms with E-state index in [0.29, 0.717) is 16.7 Å². The molecule has 0 bridgehead atoms. The highest BCUT2D eigenvalue weighted by atomic mass is 19.1. The average molecular weight is 277 g/mol. The highest BCUT2D eigenvalue weighted by Gasteiger charge is 2.52. The van der Waals surface area contributed by atoms with Gasteiger partial charge in [0.15, 0.2) is 0 Å². The molecule has 1 fully saturated rings. The predicted molar refractivity (Wildman–Crippen MR) is 74.4 cm³/mol. The van der Waals surface area contributed by atoms with Crippen LogP contribution in [-0.2, 0) is 20.5 Å². The molecule has 20 heavy (non-hydrogen) atoms.